The third-order valence-corrected chi connectivity index (χ3v) is 9.29. The fraction of sp³-hybridized carbons (Fsp3) is 0.659. The van der Waals surface area contributed by atoms with Gasteiger partial charge in [-0.05, 0) is 70.6 Å². The molecule has 0 aromatic rings. The van der Waals surface area contributed by atoms with Gasteiger partial charge in [0.15, 0.2) is 0 Å². The van der Waals surface area contributed by atoms with E-state index in [0.29, 0.717) is 23.9 Å². The highest BCUT2D eigenvalue weighted by atomic mass is 31.2. The molecule has 53 heavy (non-hydrogen) atoms. The summed E-state index contributed by atoms with van der Waals surface area (Å²) in [7, 11) is 1.17. The largest absolute Gasteiger partial charge is 0.756 e. The van der Waals surface area contributed by atoms with E-state index in [2.05, 4.69) is 79.9 Å². The number of quaternary nitrogens is 1. The quantitative estimate of drug-likeness (QED) is 0.0288. The van der Waals surface area contributed by atoms with Gasteiger partial charge in [-0.15, -0.1) is 0 Å². The molecule has 3 atom stereocenters. The van der Waals surface area contributed by atoms with E-state index in [9.17, 15) is 19.4 Å². The summed E-state index contributed by atoms with van der Waals surface area (Å²) in [6, 6.07) is -0.950. The summed E-state index contributed by atoms with van der Waals surface area (Å²) in [6.07, 6.45) is 48.0. The number of aliphatic hydroxyl groups excluding tert-OH is 1. The first-order valence-corrected chi connectivity index (χ1v) is 21.9. The third-order valence-electron chi connectivity index (χ3n) is 8.33. The summed E-state index contributed by atoms with van der Waals surface area (Å²) in [5, 5.41) is 13.6. The van der Waals surface area contributed by atoms with Crippen molar-refractivity contribution in [1.82, 2.24) is 5.32 Å². The standard InChI is InChI=1S/C44H77N2O6P/c1-6-8-10-12-14-16-18-20-21-22-23-24-26-27-29-31-33-35-37-43(47)42(41-52-53(49,50)51-40-39-46(3,4)5)45-44(48)38-36-34-32-30-28-25-19-17-15-13-11-9-7-2/h9,11,15,17,22-23,25,27-29,32,34-35,37,42-43,47H,6-8,10,12-14,16,18-21,24,26,30-31,33,36,38-41H2,1-5H3,(H-,45,48,49,50)/b11-9-,17-15-,23-22+,28-25-,29-27+,34-32-,37-35+. The topological polar surface area (TPSA) is 108 Å². The average Bonchev–Trinajstić information content (AvgIpc) is 3.10. The lowest BCUT2D eigenvalue weighted by molar-refractivity contribution is -0.870. The molecule has 0 fully saturated rings. The van der Waals surface area contributed by atoms with Crippen molar-refractivity contribution in [3.05, 3.63) is 85.1 Å². The van der Waals surface area contributed by atoms with Gasteiger partial charge >= 0.3 is 0 Å². The van der Waals surface area contributed by atoms with E-state index in [1.165, 1.54) is 57.8 Å². The van der Waals surface area contributed by atoms with Crippen LogP contribution < -0.4 is 10.2 Å². The van der Waals surface area contributed by atoms with E-state index >= 15 is 0 Å². The molecule has 0 saturated carbocycles. The van der Waals surface area contributed by atoms with Gasteiger partial charge in [0.2, 0.25) is 5.91 Å². The number of carbonyl (C=O) groups is 1. The number of phosphoric acid groups is 1. The predicted molar refractivity (Wildman–Crippen MR) is 223 cm³/mol. The molecule has 0 bridgehead atoms. The number of allylic oxidation sites excluding steroid dienone is 13. The molecule has 9 heteroatoms. The lowest BCUT2D eigenvalue weighted by atomic mass is 10.1. The number of carbonyl (C=O) groups excluding carboxylic acids is 1. The smallest absolute Gasteiger partial charge is 0.268 e. The van der Waals surface area contributed by atoms with Crippen molar-refractivity contribution in [2.24, 2.45) is 0 Å². The molecule has 0 aromatic heterocycles. The van der Waals surface area contributed by atoms with E-state index in [0.717, 1.165) is 44.9 Å². The van der Waals surface area contributed by atoms with Crippen LogP contribution in [0.3, 0.4) is 0 Å². The highest BCUT2D eigenvalue weighted by Gasteiger charge is 2.23. The number of rotatable bonds is 35. The Hall–Kier alpha value is -2.32. The molecular weight excluding hydrogens is 683 g/mol. The molecular formula is C44H77N2O6P. The number of hydrogen-bond donors (Lipinski definition) is 2. The minimum atomic E-state index is -4.62. The number of nitrogens with one attached hydrogen (secondary N) is 1. The van der Waals surface area contributed by atoms with Gasteiger partial charge in [0, 0.05) is 6.42 Å². The van der Waals surface area contributed by atoms with Crippen LogP contribution in [0, 0.1) is 0 Å². The minimum absolute atomic E-state index is 0.0260. The molecule has 0 aliphatic rings. The number of aliphatic hydroxyl groups is 1. The van der Waals surface area contributed by atoms with E-state index in [4.69, 9.17) is 9.05 Å². The Morgan fingerprint density at radius 1 is 0.679 bits per heavy atom. The van der Waals surface area contributed by atoms with Crippen LogP contribution in [0.5, 0.6) is 0 Å². The maximum atomic E-state index is 12.8. The van der Waals surface area contributed by atoms with Crippen LogP contribution in [-0.2, 0) is 18.4 Å². The first-order valence-electron chi connectivity index (χ1n) is 20.4. The van der Waals surface area contributed by atoms with Crippen LogP contribution in [0.4, 0.5) is 0 Å². The second-order valence-corrected chi connectivity index (χ2v) is 16.0. The molecule has 0 aliphatic carbocycles. The lowest BCUT2D eigenvalue weighted by Crippen LogP contribution is -2.45. The second-order valence-electron chi connectivity index (χ2n) is 14.6. The summed E-state index contributed by atoms with van der Waals surface area (Å²) < 4.78 is 23.1. The van der Waals surface area contributed by atoms with Gasteiger partial charge in [0.25, 0.3) is 7.82 Å². The van der Waals surface area contributed by atoms with Crippen LogP contribution in [0.2, 0.25) is 0 Å². The molecule has 0 aliphatic heterocycles. The number of nitrogens with zero attached hydrogens (tertiary/aromatic N) is 1. The first-order chi connectivity index (χ1) is 25.5. The molecule has 304 valence electrons. The Bertz CT molecular complexity index is 1140. The third kappa shape index (κ3) is 37.8. The van der Waals surface area contributed by atoms with Gasteiger partial charge < -0.3 is 28.8 Å². The molecule has 2 N–H and O–H groups in total. The molecule has 0 rings (SSSR count). The van der Waals surface area contributed by atoms with E-state index in [-0.39, 0.29) is 18.9 Å². The number of unbranched alkanes of at least 4 members (excludes halogenated alkanes) is 10. The minimum Gasteiger partial charge on any atom is -0.756 e. The van der Waals surface area contributed by atoms with Gasteiger partial charge in [-0.2, -0.15) is 0 Å². The van der Waals surface area contributed by atoms with Crippen molar-refractivity contribution in [2.75, 3.05) is 40.9 Å². The number of hydrogen-bond acceptors (Lipinski definition) is 6. The molecule has 0 radical (unpaired) electrons. The van der Waals surface area contributed by atoms with E-state index < -0.39 is 26.6 Å². The SMILES string of the molecule is CC/C=C\C/C=C\C/C=C\C/C=C\CCC(=O)NC(COP(=O)([O-])OCC[N+](C)(C)C)C(O)/C=C/CC/C=C/CC/C=C/CCCCCCCCCC. The van der Waals surface area contributed by atoms with Gasteiger partial charge in [0.05, 0.1) is 39.9 Å². The molecule has 0 saturated heterocycles. The van der Waals surface area contributed by atoms with Crippen molar-refractivity contribution in [3.8, 4) is 0 Å². The van der Waals surface area contributed by atoms with Crippen molar-refractivity contribution in [3.63, 3.8) is 0 Å². The van der Waals surface area contributed by atoms with Crippen molar-refractivity contribution >= 4 is 13.7 Å². The van der Waals surface area contributed by atoms with Gasteiger partial charge in [-0.1, -0.05) is 144 Å². The average molecular weight is 761 g/mol. The zero-order chi connectivity index (χ0) is 39.3. The summed E-state index contributed by atoms with van der Waals surface area (Å²) in [5.41, 5.74) is 0. The fourth-order valence-corrected chi connectivity index (χ4v) is 5.80. The number of likely N-dealkylation sites (N-methyl/N-ethyl adjacent to an activating group) is 1. The van der Waals surface area contributed by atoms with Crippen molar-refractivity contribution in [2.45, 2.75) is 148 Å². The highest BCUT2D eigenvalue weighted by molar-refractivity contribution is 7.45. The number of amides is 1. The summed E-state index contributed by atoms with van der Waals surface area (Å²) in [5.74, 6) is -0.296. The lowest BCUT2D eigenvalue weighted by Gasteiger charge is -2.29. The molecule has 8 nitrogen and oxygen atoms in total. The molecule has 1 amide bonds. The van der Waals surface area contributed by atoms with Crippen molar-refractivity contribution < 1.29 is 32.9 Å². The monoisotopic (exact) mass is 761 g/mol. The fourth-order valence-electron chi connectivity index (χ4n) is 5.07. The van der Waals surface area contributed by atoms with Gasteiger partial charge in [-0.3, -0.25) is 9.36 Å². The van der Waals surface area contributed by atoms with Crippen LogP contribution in [0.1, 0.15) is 136 Å². The number of phosphoric ester groups is 1. The first kappa shape index (κ1) is 50.7. The zero-order valence-corrected chi connectivity index (χ0v) is 35.1. The Morgan fingerprint density at radius 2 is 1.17 bits per heavy atom. The molecule has 0 heterocycles. The van der Waals surface area contributed by atoms with E-state index in [1.54, 1.807) is 6.08 Å². The zero-order valence-electron chi connectivity index (χ0n) is 34.2. The Morgan fingerprint density at radius 3 is 1.74 bits per heavy atom. The molecule has 3 unspecified atom stereocenters. The van der Waals surface area contributed by atoms with Crippen LogP contribution in [0.25, 0.3) is 0 Å². The predicted octanol–water partition coefficient (Wildman–Crippen LogP) is 10.4. The van der Waals surface area contributed by atoms with Gasteiger partial charge in [0.1, 0.15) is 13.2 Å². The summed E-state index contributed by atoms with van der Waals surface area (Å²) in [4.78, 5) is 25.2. The Kier molecular flexibility index (Phi) is 33.8. The van der Waals surface area contributed by atoms with Crippen LogP contribution in [0.15, 0.2) is 85.1 Å². The maximum Gasteiger partial charge on any atom is 0.268 e. The maximum absolute atomic E-state index is 12.8. The van der Waals surface area contributed by atoms with Crippen LogP contribution in [-0.4, -0.2) is 68.5 Å². The summed E-state index contributed by atoms with van der Waals surface area (Å²) >= 11 is 0. The summed E-state index contributed by atoms with van der Waals surface area (Å²) in [6.45, 7) is 4.40. The van der Waals surface area contributed by atoms with Crippen LogP contribution >= 0.6 is 7.82 Å². The highest BCUT2D eigenvalue weighted by Crippen LogP contribution is 2.38. The Labute approximate surface area is 325 Å². The molecule has 0 aromatic carbocycles. The van der Waals surface area contributed by atoms with Gasteiger partial charge in [-0.25, -0.2) is 0 Å². The van der Waals surface area contributed by atoms with Crippen molar-refractivity contribution in [1.29, 1.82) is 0 Å². The molecule has 0 spiro atoms. The Balaban J connectivity index is 4.69. The normalized spacial score (nSPS) is 15.4. The second kappa shape index (κ2) is 35.4. The van der Waals surface area contributed by atoms with E-state index in [1.807, 2.05) is 39.4 Å².